The topological polar surface area (TPSA) is 32.3 Å². The fourth-order valence-electron chi connectivity index (χ4n) is 2.91. The molecule has 0 heterocycles. The summed E-state index contributed by atoms with van der Waals surface area (Å²) in [6.07, 6.45) is 16.5. The van der Waals surface area contributed by atoms with Gasteiger partial charge in [0.05, 0.1) is 0 Å². The Hall–Kier alpha value is -1.38. The molecule has 122 valence electrons. The first-order valence-electron chi connectivity index (χ1n) is 8.14. The maximum absolute atomic E-state index is 8.54. The molecule has 0 saturated carbocycles. The summed E-state index contributed by atoms with van der Waals surface area (Å²) in [5, 5.41) is 8.54. The lowest BCUT2D eigenvalue weighted by atomic mass is 9.72. The molecule has 0 aliphatic heterocycles. The molecule has 2 heteroatoms. The van der Waals surface area contributed by atoms with Gasteiger partial charge < -0.3 is 5.21 Å². The smallest absolute Gasteiger partial charge is 0.0393 e. The molecular weight excluding hydrogens is 270 g/mol. The summed E-state index contributed by atoms with van der Waals surface area (Å²) in [4.78, 5) is 0. The van der Waals surface area contributed by atoms with Crippen molar-refractivity contribution in [2.45, 2.75) is 53.9 Å². The molecule has 0 radical (unpaired) electrons. The van der Waals surface area contributed by atoms with Crippen LogP contribution in [0.2, 0.25) is 0 Å². The Labute approximate surface area is 136 Å². The Balaban J connectivity index is 2.73. The zero-order valence-electron chi connectivity index (χ0n) is 14.7. The standard InChI is InChI=1S/C20H31NO/c1-16(8-6-9-17(2)13-15-21-22)11-12-19-18(3)10-7-14-20(19,4)5/h6,8-9,11-13,21-22H,7,10,14-15H2,1-5H3. The van der Waals surface area contributed by atoms with Crippen molar-refractivity contribution in [2.75, 3.05) is 6.54 Å². The summed E-state index contributed by atoms with van der Waals surface area (Å²) in [5.74, 6) is 0. The van der Waals surface area contributed by atoms with Crippen LogP contribution in [0.1, 0.15) is 53.9 Å². The van der Waals surface area contributed by atoms with E-state index in [4.69, 9.17) is 5.21 Å². The van der Waals surface area contributed by atoms with E-state index in [0.717, 1.165) is 5.57 Å². The van der Waals surface area contributed by atoms with Crippen LogP contribution < -0.4 is 5.48 Å². The number of hydrogen-bond acceptors (Lipinski definition) is 2. The third-order valence-corrected chi connectivity index (χ3v) is 4.29. The van der Waals surface area contributed by atoms with Gasteiger partial charge in [0, 0.05) is 6.54 Å². The zero-order chi connectivity index (χ0) is 16.6. The number of nitrogens with one attached hydrogen (secondary N) is 1. The Bertz CT molecular complexity index is 516. The van der Waals surface area contributed by atoms with E-state index in [0.29, 0.717) is 12.0 Å². The summed E-state index contributed by atoms with van der Waals surface area (Å²) in [6, 6.07) is 0. The maximum Gasteiger partial charge on any atom is 0.0393 e. The highest BCUT2D eigenvalue weighted by Gasteiger charge is 2.26. The first-order chi connectivity index (χ1) is 10.4. The van der Waals surface area contributed by atoms with Crippen molar-refractivity contribution < 1.29 is 5.21 Å². The number of allylic oxidation sites excluding steroid dienone is 9. The molecule has 1 rings (SSSR count). The van der Waals surface area contributed by atoms with Crippen LogP contribution in [0.15, 0.2) is 58.7 Å². The Morgan fingerprint density at radius 1 is 1.23 bits per heavy atom. The van der Waals surface area contributed by atoms with Gasteiger partial charge in [0.1, 0.15) is 0 Å². The van der Waals surface area contributed by atoms with Crippen LogP contribution in [0.3, 0.4) is 0 Å². The highest BCUT2D eigenvalue weighted by Crippen LogP contribution is 2.40. The minimum atomic E-state index is 0.297. The van der Waals surface area contributed by atoms with Gasteiger partial charge in [-0.3, -0.25) is 0 Å². The minimum absolute atomic E-state index is 0.297. The van der Waals surface area contributed by atoms with E-state index in [2.05, 4.69) is 57.5 Å². The van der Waals surface area contributed by atoms with Gasteiger partial charge in [-0.25, -0.2) is 5.48 Å². The zero-order valence-corrected chi connectivity index (χ0v) is 14.7. The van der Waals surface area contributed by atoms with E-state index < -0.39 is 0 Å². The molecule has 0 fully saturated rings. The number of hydroxylamine groups is 1. The fourth-order valence-corrected chi connectivity index (χ4v) is 2.91. The molecule has 1 aliphatic rings. The van der Waals surface area contributed by atoms with Crippen LogP contribution in [0.25, 0.3) is 0 Å². The van der Waals surface area contributed by atoms with Crippen molar-refractivity contribution >= 4 is 0 Å². The normalized spacial score (nSPS) is 20.5. The SMILES string of the molecule is CC(C=CC1=C(C)CCCC1(C)C)=CC=CC(C)=CCNO. The lowest BCUT2D eigenvalue weighted by Crippen LogP contribution is -2.19. The van der Waals surface area contributed by atoms with Gasteiger partial charge >= 0.3 is 0 Å². The second kappa shape index (κ2) is 8.92. The Kier molecular flexibility index (Phi) is 7.57. The van der Waals surface area contributed by atoms with E-state index in [1.165, 1.54) is 36.0 Å². The largest absolute Gasteiger partial charge is 0.317 e. The molecule has 22 heavy (non-hydrogen) atoms. The van der Waals surface area contributed by atoms with Crippen LogP contribution in [-0.2, 0) is 0 Å². The quantitative estimate of drug-likeness (QED) is 0.502. The van der Waals surface area contributed by atoms with Crippen LogP contribution in [0.5, 0.6) is 0 Å². The first-order valence-corrected chi connectivity index (χ1v) is 8.14. The van der Waals surface area contributed by atoms with E-state index in [1.807, 2.05) is 19.1 Å². The highest BCUT2D eigenvalue weighted by atomic mass is 16.5. The molecule has 2 nitrogen and oxygen atoms in total. The molecule has 0 bridgehead atoms. The van der Waals surface area contributed by atoms with Crippen molar-refractivity contribution in [2.24, 2.45) is 5.41 Å². The van der Waals surface area contributed by atoms with Gasteiger partial charge in [-0.05, 0) is 51.0 Å². The van der Waals surface area contributed by atoms with E-state index in [1.54, 1.807) is 0 Å². The number of hydrogen-bond donors (Lipinski definition) is 2. The van der Waals surface area contributed by atoms with Crippen molar-refractivity contribution in [3.63, 3.8) is 0 Å². The molecule has 0 aromatic heterocycles. The third kappa shape index (κ3) is 6.17. The average molecular weight is 301 g/mol. The van der Waals surface area contributed by atoms with Gasteiger partial charge in [0.25, 0.3) is 0 Å². The van der Waals surface area contributed by atoms with Crippen LogP contribution >= 0.6 is 0 Å². The number of rotatable bonds is 6. The lowest BCUT2D eigenvalue weighted by molar-refractivity contribution is 0.179. The lowest BCUT2D eigenvalue weighted by Gasteiger charge is -2.32. The van der Waals surface area contributed by atoms with Gasteiger partial charge in [0.2, 0.25) is 0 Å². The summed E-state index contributed by atoms with van der Waals surface area (Å²) >= 11 is 0. The molecule has 0 atom stereocenters. The summed E-state index contributed by atoms with van der Waals surface area (Å²) < 4.78 is 0. The van der Waals surface area contributed by atoms with Gasteiger partial charge in [-0.2, -0.15) is 0 Å². The molecule has 0 aromatic rings. The average Bonchev–Trinajstić information content (AvgIpc) is 2.43. The highest BCUT2D eigenvalue weighted by molar-refractivity contribution is 5.37. The second-order valence-electron chi connectivity index (χ2n) is 6.84. The summed E-state index contributed by atoms with van der Waals surface area (Å²) in [5.41, 5.74) is 7.82. The summed E-state index contributed by atoms with van der Waals surface area (Å²) in [6.45, 7) is 11.6. The Morgan fingerprint density at radius 2 is 1.95 bits per heavy atom. The molecule has 0 spiro atoms. The molecule has 2 N–H and O–H groups in total. The molecule has 0 amide bonds. The minimum Gasteiger partial charge on any atom is -0.317 e. The van der Waals surface area contributed by atoms with Crippen molar-refractivity contribution in [1.29, 1.82) is 0 Å². The summed E-state index contributed by atoms with van der Waals surface area (Å²) in [7, 11) is 0. The molecule has 0 unspecified atom stereocenters. The van der Waals surface area contributed by atoms with Crippen LogP contribution in [0, 0.1) is 5.41 Å². The van der Waals surface area contributed by atoms with Crippen molar-refractivity contribution in [3.8, 4) is 0 Å². The second-order valence-corrected chi connectivity index (χ2v) is 6.84. The monoisotopic (exact) mass is 301 g/mol. The molecule has 0 saturated heterocycles. The Morgan fingerprint density at radius 3 is 2.59 bits per heavy atom. The molecular formula is C20H31NO. The fraction of sp³-hybridized carbons (Fsp3) is 0.500. The predicted octanol–water partition coefficient (Wildman–Crippen LogP) is 5.50. The van der Waals surface area contributed by atoms with Crippen molar-refractivity contribution in [1.82, 2.24) is 5.48 Å². The molecule has 1 aliphatic carbocycles. The van der Waals surface area contributed by atoms with Crippen LogP contribution in [0.4, 0.5) is 0 Å². The van der Waals surface area contributed by atoms with Crippen LogP contribution in [-0.4, -0.2) is 11.8 Å². The van der Waals surface area contributed by atoms with Gasteiger partial charge in [-0.1, -0.05) is 67.0 Å². The molecule has 0 aromatic carbocycles. The third-order valence-electron chi connectivity index (χ3n) is 4.29. The van der Waals surface area contributed by atoms with Gasteiger partial charge in [-0.15, -0.1) is 0 Å². The van der Waals surface area contributed by atoms with Crippen molar-refractivity contribution in [3.05, 3.63) is 58.7 Å². The van der Waals surface area contributed by atoms with Gasteiger partial charge in [0.15, 0.2) is 0 Å². The predicted molar refractivity (Wildman–Crippen MR) is 95.9 cm³/mol. The maximum atomic E-state index is 8.54. The van der Waals surface area contributed by atoms with E-state index >= 15 is 0 Å². The van der Waals surface area contributed by atoms with E-state index in [9.17, 15) is 0 Å². The van der Waals surface area contributed by atoms with E-state index in [-0.39, 0.29) is 0 Å². The first kappa shape index (κ1) is 18.7.